The predicted octanol–water partition coefficient (Wildman–Crippen LogP) is 2.89. The van der Waals surface area contributed by atoms with Gasteiger partial charge in [-0.2, -0.15) is 0 Å². The number of aromatic nitrogens is 1. The van der Waals surface area contributed by atoms with Crippen LogP contribution in [-0.4, -0.2) is 11.1 Å². The maximum absolute atomic E-state index is 12.1. The minimum atomic E-state index is -0.270. The third kappa shape index (κ3) is 2.53. The summed E-state index contributed by atoms with van der Waals surface area (Å²) in [4.78, 5) is 12.1. The van der Waals surface area contributed by atoms with Crippen LogP contribution in [0.3, 0.4) is 0 Å². The van der Waals surface area contributed by atoms with Crippen LogP contribution in [0.15, 0.2) is 27.2 Å². The summed E-state index contributed by atoms with van der Waals surface area (Å²) in [6.07, 6.45) is 0. The van der Waals surface area contributed by atoms with Gasteiger partial charge in [-0.15, -0.1) is 0 Å². The number of hydrogen-bond acceptors (Lipinski definition) is 4. The van der Waals surface area contributed by atoms with Crippen molar-refractivity contribution in [3.63, 3.8) is 0 Å². The maximum atomic E-state index is 12.1. The molecule has 0 aliphatic rings. The van der Waals surface area contributed by atoms with E-state index < -0.39 is 0 Å². The Balaban J connectivity index is 2.29. The second-order valence-corrected chi connectivity index (χ2v) is 4.86. The van der Waals surface area contributed by atoms with Gasteiger partial charge in [-0.3, -0.25) is 4.79 Å². The number of nitrogens with one attached hydrogen (secondary N) is 1. The molecule has 18 heavy (non-hydrogen) atoms. The fourth-order valence-electron chi connectivity index (χ4n) is 1.54. The molecule has 5 nitrogen and oxygen atoms in total. The van der Waals surface area contributed by atoms with Crippen molar-refractivity contribution in [1.29, 1.82) is 0 Å². The molecule has 0 unspecified atom stereocenters. The molecule has 0 fully saturated rings. The Labute approximate surface area is 112 Å². The molecule has 0 aliphatic carbocycles. The Kier molecular flexibility index (Phi) is 3.38. The number of hydrogen-bond donors (Lipinski definition) is 2. The van der Waals surface area contributed by atoms with E-state index in [0.717, 1.165) is 10.0 Å². The van der Waals surface area contributed by atoms with E-state index in [0.29, 0.717) is 22.8 Å². The molecule has 0 atom stereocenters. The minimum Gasteiger partial charge on any atom is -0.398 e. The average Bonchev–Trinajstić information content (AvgIpc) is 2.69. The fraction of sp³-hybridized carbons (Fsp3) is 0.167. The number of carbonyl (C=O) groups excluding carboxylic acids is 1. The van der Waals surface area contributed by atoms with Crippen molar-refractivity contribution >= 4 is 33.3 Å². The van der Waals surface area contributed by atoms with E-state index in [4.69, 9.17) is 10.3 Å². The van der Waals surface area contributed by atoms with Gasteiger partial charge in [-0.05, 0) is 31.5 Å². The average molecular weight is 310 g/mol. The van der Waals surface area contributed by atoms with E-state index >= 15 is 0 Å². The number of nitrogen functional groups attached to an aromatic ring is 1. The van der Waals surface area contributed by atoms with Gasteiger partial charge in [0, 0.05) is 21.8 Å². The van der Waals surface area contributed by atoms with Gasteiger partial charge in [0.2, 0.25) is 0 Å². The summed E-state index contributed by atoms with van der Waals surface area (Å²) in [5, 5.41) is 6.36. The lowest BCUT2D eigenvalue weighted by Crippen LogP contribution is -2.14. The van der Waals surface area contributed by atoms with Gasteiger partial charge in [0.15, 0.2) is 5.82 Å². The first-order valence-corrected chi connectivity index (χ1v) is 6.07. The van der Waals surface area contributed by atoms with E-state index in [9.17, 15) is 4.79 Å². The first-order valence-electron chi connectivity index (χ1n) is 5.27. The molecule has 0 bridgehead atoms. The quantitative estimate of drug-likeness (QED) is 0.836. The van der Waals surface area contributed by atoms with Gasteiger partial charge in [-0.25, -0.2) is 0 Å². The number of aryl methyl sites for hydroxylation is 1. The van der Waals surface area contributed by atoms with Gasteiger partial charge in [-0.1, -0.05) is 21.1 Å². The maximum Gasteiger partial charge on any atom is 0.257 e. The van der Waals surface area contributed by atoms with Crippen LogP contribution in [0.4, 0.5) is 11.5 Å². The smallest absolute Gasteiger partial charge is 0.257 e. The number of rotatable bonds is 2. The topological polar surface area (TPSA) is 81.2 Å². The molecule has 1 aromatic carbocycles. The number of halogens is 1. The highest BCUT2D eigenvalue weighted by atomic mass is 79.9. The van der Waals surface area contributed by atoms with Gasteiger partial charge in [0.25, 0.3) is 5.91 Å². The van der Waals surface area contributed by atoms with Crippen molar-refractivity contribution in [3.8, 4) is 0 Å². The summed E-state index contributed by atoms with van der Waals surface area (Å²) >= 11 is 3.31. The van der Waals surface area contributed by atoms with Crippen LogP contribution in [0.25, 0.3) is 0 Å². The van der Waals surface area contributed by atoms with Crippen molar-refractivity contribution < 1.29 is 9.32 Å². The molecule has 1 heterocycles. The number of nitrogens with zero attached hydrogens (tertiary/aromatic N) is 1. The number of anilines is 2. The van der Waals surface area contributed by atoms with Crippen LogP contribution in [0.1, 0.15) is 21.7 Å². The fourth-order valence-corrected chi connectivity index (χ4v) is 2.02. The predicted molar refractivity (Wildman–Crippen MR) is 72.5 cm³/mol. The Hall–Kier alpha value is -1.82. The third-order valence-corrected chi connectivity index (χ3v) is 2.98. The Bertz CT molecular complexity index is 607. The molecule has 0 spiro atoms. The zero-order chi connectivity index (χ0) is 13.3. The standard InChI is InChI=1S/C12H12BrN3O2/c1-6-3-11(16-18-6)15-12(17)9-4-8(13)5-10(14)7(9)2/h3-5H,14H2,1-2H3,(H,15,16,17). The van der Waals surface area contributed by atoms with Gasteiger partial charge in [0.05, 0.1) is 0 Å². The zero-order valence-electron chi connectivity index (χ0n) is 9.95. The number of amides is 1. The van der Waals surface area contributed by atoms with E-state index in [1.807, 2.05) is 0 Å². The van der Waals surface area contributed by atoms with E-state index in [-0.39, 0.29) is 5.91 Å². The zero-order valence-corrected chi connectivity index (χ0v) is 11.5. The number of benzene rings is 1. The first-order chi connectivity index (χ1) is 8.47. The highest BCUT2D eigenvalue weighted by Crippen LogP contribution is 2.23. The summed E-state index contributed by atoms with van der Waals surface area (Å²) in [6, 6.07) is 5.12. The largest absolute Gasteiger partial charge is 0.398 e. The molecule has 6 heteroatoms. The number of carbonyl (C=O) groups is 1. The second kappa shape index (κ2) is 4.81. The van der Waals surface area contributed by atoms with E-state index in [2.05, 4.69) is 26.4 Å². The van der Waals surface area contributed by atoms with Crippen molar-refractivity contribution in [1.82, 2.24) is 5.16 Å². The molecular weight excluding hydrogens is 298 g/mol. The highest BCUT2D eigenvalue weighted by molar-refractivity contribution is 9.10. The lowest BCUT2D eigenvalue weighted by molar-refractivity contribution is 0.102. The van der Waals surface area contributed by atoms with Gasteiger partial charge in [0.1, 0.15) is 5.76 Å². The minimum absolute atomic E-state index is 0.270. The second-order valence-electron chi connectivity index (χ2n) is 3.94. The van der Waals surface area contributed by atoms with Crippen LogP contribution in [0, 0.1) is 13.8 Å². The lowest BCUT2D eigenvalue weighted by Gasteiger charge is -2.08. The summed E-state index contributed by atoms with van der Waals surface area (Å²) in [7, 11) is 0. The molecule has 0 saturated heterocycles. The van der Waals surface area contributed by atoms with Crippen molar-refractivity contribution in [2.45, 2.75) is 13.8 Å². The monoisotopic (exact) mass is 309 g/mol. The van der Waals surface area contributed by atoms with Gasteiger partial charge >= 0.3 is 0 Å². The SMILES string of the molecule is Cc1cc(NC(=O)c2cc(Br)cc(N)c2C)no1. The molecule has 3 N–H and O–H groups in total. The normalized spacial score (nSPS) is 10.4. The van der Waals surface area contributed by atoms with Crippen LogP contribution in [-0.2, 0) is 0 Å². The van der Waals surface area contributed by atoms with Crippen LogP contribution < -0.4 is 11.1 Å². The highest BCUT2D eigenvalue weighted by Gasteiger charge is 2.14. The molecule has 94 valence electrons. The van der Waals surface area contributed by atoms with Crippen LogP contribution in [0.2, 0.25) is 0 Å². The Morgan fingerprint density at radius 3 is 2.72 bits per heavy atom. The van der Waals surface area contributed by atoms with E-state index in [1.165, 1.54) is 0 Å². The number of nitrogens with two attached hydrogens (primary N) is 1. The Morgan fingerprint density at radius 1 is 1.39 bits per heavy atom. The summed E-state index contributed by atoms with van der Waals surface area (Å²) in [5.74, 6) is 0.750. The van der Waals surface area contributed by atoms with E-state index in [1.54, 1.807) is 32.0 Å². The molecular formula is C12H12BrN3O2. The summed E-state index contributed by atoms with van der Waals surface area (Å²) < 4.78 is 5.64. The third-order valence-electron chi connectivity index (χ3n) is 2.53. The molecule has 0 radical (unpaired) electrons. The first kappa shape index (κ1) is 12.6. The molecule has 1 aromatic heterocycles. The Morgan fingerprint density at radius 2 is 2.11 bits per heavy atom. The molecule has 1 amide bonds. The molecule has 2 rings (SSSR count). The molecule has 0 aliphatic heterocycles. The molecule has 2 aromatic rings. The van der Waals surface area contributed by atoms with Crippen LogP contribution >= 0.6 is 15.9 Å². The van der Waals surface area contributed by atoms with Gasteiger partial charge < -0.3 is 15.6 Å². The van der Waals surface area contributed by atoms with Crippen molar-refractivity contribution in [3.05, 3.63) is 39.6 Å². The summed E-state index contributed by atoms with van der Waals surface area (Å²) in [6.45, 7) is 3.55. The van der Waals surface area contributed by atoms with Crippen molar-refractivity contribution in [2.24, 2.45) is 0 Å². The van der Waals surface area contributed by atoms with Crippen molar-refractivity contribution in [2.75, 3.05) is 11.1 Å². The molecule has 0 saturated carbocycles. The lowest BCUT2D eigenvalue weighted by atomic mass is 10.1. The summed E-state index contributed by atoms with van der Waals surface area (Å²) in [5.41, 5.74) is 7.61. The van der Waals surface area contributed by atoms with Crippen LogP contribution in [0.5, 0.6) is 0 Å².